The number of amides is 2. The molecule has 0 saturated carbocycles. The van der Waals surface area contributed by atoms with Crippen LogP contribution in [0, 0.1) is 6.92 Å². The first kappa shape index (κ1) is 23.3. The Balaban J connectivity index is 1.57. The zero-order valence-electron chi connectivity index (χ0n) is 20.3. The molecule has 8 heteroatoms. The van der Waals surface area contributed by atoms with Crippen LogP contribution in [0.4, 0.5) is 16.2 Å². The minimum Gasteiger partial charge on any atom is -0.483 e. The average molecular weight is 481 g/mol. The van der Waals surface area contributed by atoms with E-state index in [1.165, 1.54) is 0 Å². The van der Waals surface area contributed by atoms with Crippen molar-refractivity contribution in [2.45, 2.75) is 38.7 Å². The van der Waals surface area contributed by atoms with Crippen LogP contribution < -0.4 is 15.4 Å². The Hall–Kier alpha value is -4.46. The zero-order chi connectivity index (χ0) is 25.1. The van der Waals surface area contributed by atoms with Crippen LogP contribution in [0.15, 0.2) is 73.3 Å². The Labute approximate surface area is 209 Å². The Morgan fingerprint density at radius 3 is 2.58 bits per heavy atom. The topological polar surface area (TPSA) is 105 Å². The lowest BCUT2D eigenvalue weighted by atomic mass is 9.88. The molecule has 0 aliphatic carbocycles. The van der Waals surface area contributed by atoms with Crippen molar-refractivity contribution in [1.29, 1.82) is 0 Å². The van der Waals surface area contributed by atoms with E-state index in [1.54, 1.807) is 0 Å². The van der Waals surface area contributed by atoms with Gasteiger partial charge in [0.2, 0.25) is 5.82 Å². The fourth-order valence-corrected chi connectivity index (χ4v) is 4.67. The van der Waals surface area contributed by atoms with Crippen LogP contribution in [0.5, 0.6) is 5.75 Å². The van der Waals surface area contributed by atoms with E-state index in [1.807, 2.05) is 67.6 Å². The first-order valence-electron chi connectivity index (χ1n) is 12.0. The van der Waals surface area contributed by atoms with Crippen molar-refractivity contribution in [3.05, 3.63) is 84.4 Å². The van der Waals surface area contributed by atoms with Gasteiger partial charge in [-0.3, -0.25) is 0 Å². The lowest BCUT2D eigenvalue weighted by molar-refractivity contribution is 0.250. The van der Waals surface area contributed by atoms with Crippen molar-refractivity contribution in [2.24, 2.45) is 0 Å². The Kier molecular flexibility index (Phi) is 6.49. The maximum atomic E-state index is 13.0. The van der Waals surface area contributed by atoms with Crippen molar-refractivity contribution < 1.29 is 9.53 Å². The summed E-state index contributed by atoms with van der Waals surface area (Å²) in [6.07, 6.45) is 3.61. The third-order valence-corrected chi connectivity index (χ3v) is 6.38. The first-order valence-corrected chi connectivity index (χ1v) is 12.0. The number of fused-ring (bicyclic) bond motifs is 1. The molecule has 5 rings (SSSR count). The van der Waals surface area contributed by atoms with Crippen LogP contribution in [0.1, 0.15) is 36.8 Å². The third-order valence-electron chi connectivity index (χ3n) is 6.38. The monoisotopic (exact) mass is 480 g/mol. The average Bonchev–Trinajstić information content (AvgIpc) is 3.54. The van der Waals surface area contributed by atoms with Gasteiger partial charge >= 0.3 is 6.03 Å². The summed E-state index contributed by atoms with van der Waals surface area (Å²) in [5.74, 6) is 1.32. The highest BCUT2D eigenvalue weighted by atomic mass is 16.5. The molecule has 0 radical (unpaired) electrons. The molecule has 0 bridgehead atoms. The number of ether oxygens (including phenoxy) is 1. The van der Waals surface area contributed by atoms with E-state index < -0.39 is 0 Å². The minimum atomic E-state index is -0.345. The summed E-state index contributed by atoms with van der Waals surface area (Å²) in [6.45, 7) is 8.15. The number of carbonyl (C=O) groups is 1. The summed E-state index contributed by atoms with van der Waals surface area (Å²) < 4.78 is 6.31. The van der Waals surface area contributed by atoms with Crippen molar-refractivity contribution in [3.63, 3.8) is 0 Å². The molecule has 8 nitrogen and oxygen atoms in total. The highest BCUT2D eigenvalue weighted by Gasteiger charge is 2.35. The maximum Gasteiger partial charge on any atom is 0.323 e. The van der Waals surface area contributed by atoms with Crippen molar-refractivity contribution in [3.8, 4) is 28.3 Å². The van der Waals surface area contributed by atoms with Gasteiger partial charge in [0.1, 0.15) is 11.9 Å². The number of aryl methyl sites for hydroxylation is 1. The minimum absolute atomic E-state index is 0.139. The van der Waals surface area contributed by atoms with Crippen LogP contribution in [-0.4, -0.2) is 32.8 Å². The summed E-state index contributed by atoms with van der Waals surface area (Å²) in [4.78, 5) is 13.0. The number of urea groups is 1. The fourth-order valence-electron chi connectivity index (χ4n) is 4.67. The van der Waals surface area contributed by atoms with Crippen LogP contribution in [-0.2, 0) is 0 Å². The molecule has 4 aromatic rings. The Bertz CT molecular complexity index is 1380. The second kappa shape index (κ2) is 10.0. The van der Waals surface area contributed by atoms with Crippen molar-refractivity contribution in [2.75, 3.05) is 10.6 Å². The molecule has 0 spiro atoms. The molecule has 2 amide bonds. The number of hydrogen-bond acceptors (Lipinski definition) is 5. The van der Waals surface area contributed by atoms with Crippen LogP contribution in [0.3, 0.4) is 0 Å². The second-order valence-corrected chi connectivity index (χ2v) is 8.88. The van der Waals surface area contributed by atoms with E-state index in [9.17, 15) is 4.79 Å². The molecule has 182 valence electrons. The van der Waals surface area contributed by atoms with Gasteiger partial charge in [-0.15, -0.1) is 10.2 Å². The number of anilines is 2. The predicted octanol–water partition coefficient (Wildman–Crippen LogP) is 6.32. The molecular weight excluding hydrogens is 452 g/mol. The number of hydrogen-bond donors (Lipinski definition) is 3. The van der Waals surface area contributed by atoms with Gasteiger partial charge in [-0.2, -0.15) is 5.21 Å². The molecule has 3 aromatic carbocycles. The smallest absolute Gasteiger partial charge is 0.323 e. The van der Waals surface area contributed by atoms with E-state index in [2.05, 4.69) is 50.8 Å². The van der Waals surface area contributed by atoms with E-state index in [-0.39, 0.29) is 18.1 Å². The number of rotatable bonds is 7. The lowest BCUT2D eigenvalue weighted by Crippen LogP contribution is -2.20. The number of nitrogens with zero attached hydrogens (tertiary/aromatic N) is 3. The number of aromatic nitrogens is 4. The summed E-state index contributed by atoms with van der Waals surface area (Å²) in [5.41, 5.74) is 6.18. The van der Waals surface area contributed by atoms with Gasteiger partial charge < -0.3 is 15.4 Å². The van der Waals surface area contributed by atoms with Gasteiger partial charge in [-0.25, -0.2) is 4.79 Å². The maximum absolute atomic E-state index is 13.0. The van der Waals surface area contributed by atoms with Gasteiger partial charge in [-0.05, 0) is 54.0 Å². The first-order chi connectivity index (χ1) is 17.6. The van der Waals surface area contributed by atoms with Crippen molar-refractivity contribution >= 4 is 17.4 Å². The molecule has 1 aliphatic rings. The number of benzene rings is 3. The molecule has 36 heavy (non-hydrogen) atoms. The van der Waals surface area contributed by atoms with E-state index >= 15 is 0 Å². The molecule has 0 saturated heterocycles. The summed E-state index contributed by atoms with van der Waals surface area (Å²) in [5, 5.41) is 20.5. The molecule has 1 aliphatic heterocycles. The summed E-state index contributed by atoms with van der Waals surface area (Å²) in [7, 11) is 0. The molecule has 3 N–H and O–H groups in total. The molecule has 2 atom stereocenters. The Morgan fingerprint density at radius 1 is 1.11 bits per heavy atom. The fraction of sp³-hybridized carbons (Fsp3) is 0.214. The highest BCUT2D eigenvalue weighted by Crippen LogP contribution is 2.48. The van der Waals surface area contributed by atoms with Crippen molar-refractivity contribution in [1.82, 2.24) is 20.6 Å². The number of aromatic amines is 1. The SMILES string of the molecule is C=C[C@H]1Oc2c(NC(=O)Nc3ccc(C)cc3)cc(-c3ccccc3-c3nn[nH]n3)cc2[C@@H]1CCC. The van der Waals surface area contributed by atoms with Gasteiger partial charge in [0.25, 0.3) is 0 Å². The molecular formula is C28H28N6O2. The predicted molar refractivity (Wildman–Crippen MR) is 141 cm³/mol. The lowest BCUT2D eigenvalue weighted by Gasteiger charge is -2.16. The normalized spacial score (nSPS) is 16.2. The number of tetrazole rings is 1. The second-order valence-electron chi connectivity index (χ2n) is 8.88. The van der Waals surface area contributed by atoms with E-state index in [0.717, 1.165) is 40.7 Å². The third kappa shape index (κ3) is 4.57. The van der Waals surface area contributed by atoms with Crippen LogP contribution >= 0.6 is 0 Å². The highest BCUT2D eigenvalue weighted by molar-refractivity contribution is 6.01. The quantitative estimate of drug-likeness (QED) is 0.269. The summed E-state index contributed by atoms with van der Waals surface area (Å²) >= 11 is 0. The molecule has 2 heterocycles. The van der Waals surface area contributed by atoms with Crippen LogP contribution in [0.25, 0.3) is 22.5 Å². The van der Waals surface area contributed by atoms with Gasteiger partial charge in [0.05, 0.1) is 5.69 Å². The van der Waals surface area contributed by atoms with Crippen LogP contribution in [0.2, 0.25) is 0 Å². The molecule has 0 unspecified atom stereocenters. The summed E-state index contributed by atoms with van der Waals surface area (Å²) in [6, 6.07) is 19.3. The van der Waals surface area contributed by atoms with Gasteiger partial charge in [-0.1, -0.05) is 68.0 Å². The number of carbonyl (C=O) groups excluding carboxylic acids is 1. The number of H-pyrrole nitrogens is 1. The molecule has 1 aromatic heterocycles. The standard InChI is InChI=1S/C28H28N6O2/c1-4-8-21-23-15-18(20-9-6-7-10-22(20)27-31-33-34-32-27)16-24(26(23)36-25(21)5-2)30-28(35)29-19-13-11-17(3)12-14-19/h5-7,9-16,21,25H,2,4,8H2,1,3H3,(H2,29,30,35)(H,31,32,33,34)/t21-,25+/m0/s1. The largest absolute Gasteiger partial charge is 0.483 e. The Morgan fingerprint density at radius 2 is 1.89 bits per heavy atom. The molecule has 0 fully saturated rings. The van der Waals surface area contributed by atoms with E-state index in [0.29, 0.717) is 22.9 Å². The number of nitrogens with one attached hydrogen (secondary N) is 3. The van der Waals surface area contributed by atoms with Gasteiger partial charge in [0, 0.05) is 22.7 Å². The zero-order valence-corrected chi connectivity index (χ0v) is 20.3. The van der Waals surface area contributed by atoms with Gasteiger partial charge in [0.15, 0.2) is 0 Å². The van der Waals surface area contributed by atoms with E-state index in [4.69, 9.17) is 4.74 Å².